The molecule has 0 saturated carbocycles. The van der Waals surface area contributed by atoms with Crippen molar-refractivity contribution in [2.75, 3.05) is 11.9 Å². The largest absolute Gasteiger partial charge is 0.330 e. The summed E-state index contributed by atoms with van der Waals surface area (Å²) in [7, 11) is 0. The first-order valence-corrected chi connectivity index (χ1v) is 8.50. The molecule has 0 aliphatic heterocycles. The first kappa shape index (κ1) is 15.9. The number of nitrogens with two attached hydrogens (primary N) is 1. The van der Waals surface area contributed by atoms with Crippen LogP contribution in [0, 0.1) is 0 Å². The first-order chi connectivity index (χ1) is 11.2. The van der Waals surface area contributed by atoms with Crippen molar-refractivity contribution in [1.29, 1.82) is 0 Å². The summed E-state index contributed by atoms with van der Waals surface area (Å²) in [4.78, 5) is 16.5. The molecule has 0 saturated heterocycles. The van der Waals surface area contributed by atoms with Gasteiger partial charge in [0.1, 0.15) is 0 Å². The number of amides is 1. The highest BCUT2D eigenvalue weighted by Crippen LogP contribution is 2.24. The molecule has 4 nitrogen and oxygen atoms in total. The van der Waals surface area contributed by atoms with Crippen molar-refractivity contribution in [3.8, 4) is 0 Å². The average molecular weight is 346 g/mol. The van der Waals surface area contributed by atoms with E-state index in [1.807, 2.05) is 42.5 Å². The summed E-state index contributed by atoms with van der Waals surface area (Å²) in [6.45, 7) is 0.406. The second-order valence-electron chi connectivity index (χ2n) is 5.27. The number of hydrogen-bond donors (Lipinski definition) is 2. The lowest BCUT2D eigenvalue weighted by Gasteiger charge is -2.15. The number of benzene rings is 2. The normalized spacial score (nSPS) is 12.3. The van der Waals surface area contributed by atoms with Crippen LogP contribution in [0.15, 0.2) is 48.0 Å². The number of aromatic nitrogens is 1. The zero-order valence-electron chi connectivity index (χ0n) is 12.3. The Morgan fingerprint density at radius 1 is 1.26 bits per heavy atom. The minimum absolute atomic E-state index is 0.0283. The van der Waals surface area contributed by atoms with E-state index < -0.39 is 0 Å². The number of rotatable bonds is 5. The number of nitrogens with zero attached hydrogens (tertiary/aromatic N) is 1. The Morgan fingerprint density at radius 3 is 2.78 bits per heavy atom. The van der Waals surface area contributed by atoms with Crippen LogP contribution in [0.3, 0.4) is 0 Å². The number of thiazole rings is 1. The van der Waals surface area contributed by atoms with Gasteiger partial charge < -0.3 is 11.1 Å². The Hall–Kier alpha value is -1.95. The molecule has 3 N–H and O–H groups in total. The molecule has 0 aliphatic carbocycles. The number of fused-ring (bicyclic) bond motifs is 1. The number of halogens is 1. The topological polar surface area (TPSA) is 68.0 Å². The Kier molecular flexibility index (Phi) is 4.91. The highest BCUT2D eigenvalue weighted by molar-refractivity contribution is 7.16. The van der Waals surface area contributed by atoms with Gasteiger partial charge in [-0.3, -0.25) is 4.79 Å². The van der Waals surface area contributed by atoms with Crippen molar-refractivity contribution in [2.45, 2.75) is 12.3 Å². The van der Waals surface area contributed by atoms with Gasteiger partial charge >= 0.3 is 0 Å². The third kappa shape index (κ3) is 3.88. The van der Waals surface area contributed by atoms with Gasteiger partial charge in [-0.1, -0.05) is 23.7 Å². The van der Waals surface area contributed by atoms with Gasteiger partial charge in [0.25, 0.3) is 0 Å². The fraction of sp³-hybridized carbons (Fsp3) is 0.176. The van der Waals surface area contributed by atoms with E-state index >= 15 is 0 Å². The molecule has 0 aliphatic rings. The summed E-state index contributed by atoms with van der Waals surface area (Å²) in [6, 6.07) is 13.2. The standard InChI is InChI=1S/C17H16ClN3OS/c18-13-3-1-11(2-4-13)12(9-19)7-17(22)21-14-5-6-15-16(8-14)23-10-20-15/h1-6,8,10,12H,7,9,19H2,(H,21,22). The number of anilines is 1. The molecular weight excluding hydrogens is 330 g/mol. The van der Waals surface area contributed by atoms with Crippen LogP contribution in [-0.2, 0) is 4.79 Å². The highest BCUT2D eigenvalue weighted by atomic mass is 35.5. The third-order valence-corrected chi connectivity index (χ3v) is 4.72. The molecule has 1 atom stereocenters. The Labute approximate surface area is 143 Å². The summed E-state index contributed by atoms with van der Waals surface area (Å²) in [5.41, 5.74) is 10.4. The Morgan fingerprint density at radius 2 is 2.04 bits per heavy atom. The van der Waals surface area contributed by atoms with E-state index in [9.17, 15) is 4.79 Å². The van der Waals surface area contributed by atoms with Crippen LogP contribution < -0.4 is 11.1 Å². The van der Waals surface area contributed by atoms with Gasteiger partial charge in [0.15, 0.2) is 0 Å². The maximum absolute atomic E-state index is 12.3. The van der Waals surface area contributed by atoms with Gasteiger partial charge in [-0.15, -0.1) is 11.3 Å². The number of nitrogens with one attached hydrogen (secondary N) is 1. The quantitative estimate of drug-likeness (QED) is 0.733. The van der Waals surface area contributed by atoms with Gasteiger partial charge in [-0.25, -0.2) is 4.98 Å². The molecular formula is C17H16ClN3OS. The van der Waals surface area contributed by atoms with Crippen molar-refractivity contribution < 1.29 is 4.79 Å². The predicted molar refractivity (Wildman–Crippen MR) is 96.1 cm³/mol. The maximum atomic E-state index is 12.3. The summed E-state index contributed by atoms with van der Waals surface area (Å²) in [5, 5.41) is 3.60. The zero-order chi connectivity index (χ0) is 16.2. The summed E-state index contributed by atoms with van der Waals surface area (Å²) < 4.78 is 1.05. The Bertz CT molecular complexity index is 816. The van der Waals surface area contributed by atoms with Crippen LogP contribution in [0.5, 0.6) is 0 Å². The minimum atomic E-state index is -0.0562. The van der Waals surface area contributed by atoms with Gasteiger partial charge in [0.05, 0.1) is 15.7 Å². The SMILES string of the molecule is NCC(CC(=O)Nc1ccc2ncsc2c1)c1ccc(Cl)cc1. The molecule has 1 aromatic heterocycles. The summed E-state index contributed by atoms with van der Waals surface area (Å²) in [6.07, 6.45) is 0.332. The molecule has 0 spiro atoms. The summed E-state index contributed by atoms with van der Waals surface area (Å²) in [5.74, 6) is -0.0846. The van der Waals surface area contributed by atoms with E-state index in [1.54, 1.807) is 16.8 Å². The molecule has 0 radical (unpaired) electrons. The highest BCUT2D eigenvalue weighted by Gasteiger charge is 2.15. The van der Waals surface area contributed by atoms with E-state index in [0.717, 1.165) is 21.5 Å². The van der Waals surface area contributed by atoms with E-state index in [2.05, 4.69) is 10.3 Å². The van der Waals surface area contributed by atoms with Gasteiger partial charge in [-0.2, -0.15) is 0 Å². The molecule has 118 valence electrons. The van der Waals surface area contributed by atoms with Crippen molar-refractivity contribution in [3.63, 3.8) is 0 Å². The molecule has 0 bridgehead atoms. The monoisotopic (exact) mass is 345 g/mol. The van der Waals surface area contributed by atoms with E-state index in [1.165, 1.54) is 0 Å². The van der Waals surface area contributed by atoms with E-state index in [0.29, 0.717) is 18.0 Å². The van der Waals surface area contributed by atoms with E-state index in [-0.39, 0.29) is 11.8 Å². The summed E-state index contributed by atoms with van der Waals surface area (Å²) >= 11 is 7.45. The van der Waals surface area contributed by atoms with Gasteiger partial charge in [0, 0.05) is 23.0 Å². The van der Waals surface area contributed by atoms with Crippen molar-refractivity contribution in [2.24, 2.45) is 5.73 Å². The predicted octanol–water partition coefficient (Wildman–Crippen LogP) is 4.02. The third-order valence-electron chi connectivity index (χ3n) is 3.67. The molecule has 3 rings (SSSR count). The molecule has 1 unspecified atom stereocenters. The molecule has 0 fully saturated rings. The lowest BCUT2D eigenvalue weighted by molar-refractivity contribution is -0.116. The maximum Gasteiger partial charge on any atom is 0.225 e. The molecule has 3 aromatic rings. The smallest absolute Gasteiger partial charge is 0.225 e. The van der Waals surface area contributed by atoms with Crippen molar-refractivity contribution in [1.82, 2.24) is 4.98 Å². The fourth-order valence-corrected chi connectivity index (χ4v) is 3.28. The molecule has 1 amide bonds. The van der Waals surface area contributed by atoms with Crippen LogP contribution in [0.25, 0.3) is 10.2 Å². The molecule has 23 heavy (non-hydrogen) atoms. The first-order valence-electron chi connectivity index (χ1n) is 7.24. The molecule has 1 heterocycles. The van der Waals surface area contributed by atoms with Crippen LogP contribution in [0.4, 0.5) is 5.69 Å². The van der Waals surface area contributed by atoms with Gasteiger partial charge in [0.2, 0.25) is 5.91 Å². The van der Waals surface area contributed by atoms with Gasteiger partial charge in [-0.05, 0) is 42.4 Å². The van der Waals surface area contributed by atoms with Crippen LogP contribution in [-0.4, -0.2) is 17.4 Å². The number of carbonyl (C=O) groups excluding carboxylic acids is 1. The average Bonchev–Trinajstić information content (AvgIpc) is 3.01. The number of hydrogen-bond acceptors (Lipinski definition) is 4. The van der Waals surface area contributed by atoms with Crippen LogP contribution >= 0.6 is 22.9 Å². The molecule has 2 aromatic carbocycles. The fourth-order valence-electron chi connectivity index (χ4n) is 2.44. The Balaban J connectivity index is 1.68. The minimum Gasteiger partial charge on any atom is -0.330 e. The van der Waals surface area contributed by atoms with Crippen LogP contribution in [0.1, 0.15) is 17.9 Å². The number of carbonyl (C=O) groups is 1. The lowest BCUT2D eigenvalue weighted by atomic mass is 9.95. The van der Waals surface area contributed by atoms with Crippen LogP contribution in [0.2, 0.25) is 5.02 Å². The van der Waals surface area contributed by atoms with E-state index in [4.69, 9.17) is 17.3 Å². The molecule has 6 heteroatoms. The van der Waals surface area contributed by atoms with Crippen molar-refractivity contribution >= 4 is 44.7 Å². The van der Waals surface area contributed by atoms with Crippen molar-refractivity contribution in [3.05, 3.63) is 58.6 Å². The second-order valence-corrected chi connectivity index (χ2v) is 6.59. The second kappa shape index (κ2) is 7.08. The zero-order valence-corrected chi connectivity index (χ0v) is 13.9. The lowest BCUT2D eigenvalue weighted by Crippen LogP contribution is -2.20.